The topological polar surface area (TPSA) is 0 Å². The first-order chi connectivity index (χ1) is 25.5. The molecule has 7 aromatic carbocycles. The maximum Gasteiger partial charge on any atom is 0.0361 e. The standard InChI is InChI=1S/C51H38S/c1-51(2)45-25-24-34(26-42(45)43-27-35-28-44-37-14-10-11-19-47(37)52-48(44)30-36(35)29-46(43)51)31-20-22-33(23-21-31)50-40-17-8-6-15-38(40)49(32-12-4-3-5-13-32)39-16-7-9-18-41(39)50/h3-4,6-12,14-25,27-30,42H,5,13,26H2,1-2H3. The predicted octanol–water partition coefficient (Wildman–Crippen LogP) is 14.7. The van der Waals surface area contributed by atoms with Gasteiger partial charge in [-0.25, -0.2) is 0 Å². The minimum Gasteiger partial charge on any atom is -0.135 e. The van der Waals surface area contributed by atoms with Crippen molar-refractivity contribution in [3.63, 3.8) is 0 Å². The monoisotopic (exact) mass is 682 g/mol. The Morgan fingerprint density at radius 1 is 0.558 bits per heavy atom. The fourth-order valence-corrected chi connectivity index (χ4v) is 10.9. The Hall–Kier alpha value is -5.50. The minimum absolute atomic E-state index is 0.00737. The van der Waals surface area contributed by atoms with Crippen LogP contribution in [0.4, 0.5) is 0 Å². The lowest BCUT2D eigenvalue weighted by Gasteiger charge is -2.27. The van der Waals surface area contributed by atoms with Gasteiger partial charge >= 0.3 is 0 Å². The van der Waals surface area contributed by atoms with Crippen molar-refractivity contribution in [2.24, 2.45) is 0 Å². The quantitative estimate of drug-likeness (QED) is 0.163. The highest BCUT2D eigenvalue weighted by Crippen LogP contribution is 2.56. The molecule has 0 radical (unpaired) electrons. The second-order valence-corrected chi connectivity index (χ2v) is 16.6. The second-order valence-electron chi connectivity index (χ2n) is 15.5. The lowest BCUT2D eigenvalue weighted by atomic mass is 9.76. The number of allylic oxidation sites excluding steroid dienone is 8. The van der Waals surface area contributed by atoms with Gasteiger partial charge in [0, 0.05) is 31.5 Å². The fourth-order valence-electron chi connectivity index (χ4n) is 9.81. The molecule has 0 N–H and O–H groups in total. The van der Waals surface area contributed by atoms with Crippen molar-refractivity contribution >= 4 is 75.0 Å². The van der Waals surface area contributed by atoms with Gasteiger partial charge in [-0.3, -0.25) is 0 Å². The van der Waals surface area contributed by atoms with Crippen molar-refractivity contribution in [3.8, 4) is 11.1 Å². The molecule has 11 rings (SSSR count). The van der Waals surface area contributed by atoms with Crippen LogP contribution in [0.15, 0.2) is 157 Å². The summed E-state index contributed by atoms with van der Waals surface area (Å²) in [4.78, 5) is 0. The van der Waals surface area contributed by atoms with Crippen molar-refractivity contribution in [3.05, 3.63) is 180 Å². The van der Waals surface area contributed by atoms with E-state index in [0.29, 0.717) is 5.92 Å². The molecule has 1 aromatic heterocycles. The molecule has 8 aromatic rings. The third-order valence-corrected chi connectivity index (χ3v) is 13.5. The van der Waals surface area contributed by atoms with Crippen LogP contribution >= 0.6 is 11.3 Å². The first kappa shape index (κ1) is 30.2. The van der Waals surface area contributed by atoms with Gasteiger partial charge in [0.25, 0.3) is 0 Å². The molecular formula is C51H38S. The molecule has 0 aliphatic heterocycles. The van der Waals surface area contributed by atoms with Gasteiger partial charge < -0.3 is 0 Å². The Balaban J connectivity index is 0.988. The van der Waals surface area contributed by atoms with E-state index in [1.165, 1.54) is 97.0 Å². The summed E-state index contributed by atoms with van der Waals surface area (Å²) < 4.78 is 2.75. The molecule has 0 nitrogen and oxygen atoms in total. The molecular weight excluding hydrogens is 645 g/mol. The number of benzene rings is 7. The molecule has 52 heavy (non-hydrogen) atoms. The molecule has 0 saturated carbocycles. The highest BCUT2D eigenvalue weighted by molar-refractivity contribution is 7.25. The van der Waals surface area contributed by atoms with Crippen LogP contribution in [0, 0.1) is 0 Å². The van der Waals surface area contributed by atoms with Gasteiger partial charge in [0.2, 0.25) is 0 Å². The van der Waals surface area contributed by atoms with Crippen LogP contribution < -0.4 is 0 Å². The average Bonchev–Trinajstić information content (AvgIpc) is 3.65. The molecule has 0 fully saturated rings. The van der Waals surface area contributed by atoms with Crippen LogP contribution in [-0.4, -0.2) is 0 Å². The molecule has 1 unspecified atom stereocenters. The summed E-state index contributed by atoms with van der Waals surface area (Å²) in [7, 11) is 0. The lowest BCUT2D eigenvalue weighted by Crippen LogP contribution is -2.17. The summed E-state index contributed by atoms with van der Waals surface area (Å²) in [6.45, 7) is 4.85. The zero-order chi connectivity index (χ0) is 34.6. The highest BCUT2D eigenvalue weighted by atomic mass is 32.1. The second kappa shape index (κ2) is 11.2. The van der Waals surface area contributed by atoms with Gasteiger partial charge in [-0.05, 0) is 120 Å². The maximum atomic E-state index is 2.52. The van der Waals surface area contributed by atoms with Crippen LogP contribution in [0.5, 0.6) is 0 Å². The van der Waals surface area contributed by atoms with Gasteiger partial charge in [0.05, 0.1) is 0 Å². The molecule has 0 saturated heterocycles. The van der Waals surface area contributed by atoms with Crippen molar-refractivity contribution < 1.29 is 0 Å². The number of hydrogen-bond acceptors (Lipinski definition) is 1. The van der Waals surface area contributed by atoms with Crippen LogP contribution in [0.2, 0.25) is 0 Å². The van der Waals surface area contributed by atoms with Gasteiger partial charge in [0.1, 0.15) is 0 Å². The van der Waals surface area contributed by atoms with E-state index in [2.05, 4.69) is 166 Å². The van der Waals surface area contributed by atoms with Gasteiger partial charge in [-0.2, -0.15) is 0 Å². The van der Waals surface area contributed by atoms with E-state index in [0.717, 1.165) is 19.3 Å². The molecule has 3 aliphatic rings. The number of fused-ring (bicyclic) bond motifs is 9. The van der Waals surface area contributed by atoms with Gasteiger partial charge in [-0.1, -0.05) is 147 Å². The maximum absolute atomic E-state index is 2.52. The van der Waals surface area contributed by atoms with Crippen molar-refractivity contribution in [1.29, 1.82) is 0 Å². The van der Waals surface area contributed by atoms with Crippen LogP contribution in [0.25, 0.3) is 74.8 Å². The predicted molar refractivity (Wildman–Crippen MR) is 227 cm³/mol. The summed E-state index contributed by atoms with van der Waals surface area (Å²) >= 11 is 1.91. The van der Waals surface area contributed by atoms with Crippen molar-refractivity contribution in [2.75, 3.05) is 0 Å². The third kappa shape index (κ3) is 4.39. The largest absolute Gasteiger partial charge is 0.135 e. The normalized spacial score (nSPS) is 17.8. The third-order valence-electron chi connectivity index (χ3n) is 12.3. The average molecular weight is 683 g/mol. The van der Waals surface area contributed by atoms with Gasteiger partial charge in [0.15, 0.2) is 0 Å². The van der Waals surface area contributed by atoms with E-state index in [4.69, 9.17) is 0 Å². The van der Waals surface area contributed by atoms with E-state index in [-0.39, 0.29) is 5.41 Å². The lowest BCUT2D eigenvalue weighted by molar-refractivity contribution is 0.615. The highest BCUT2D eigenvalue weighted by Gasteiger charge is 2.42. The Bertz CT molecular complexity index is 2880. The fraction of sp³-hybridized carbons (Fsp3) is 0.137. The summed E-state index contributed by atoms with van der Waals surface area (Å²) in [6.07, 6.45) is 14.9. The molecule has 0 bridgehead atoms. The smallest absolute Gasteiger partial charge is 0.0361 e. The zero-order valence-electron chi connectivity index (χ0n) is 29.5. The SMILES string of the molecule is CC1(C)C2=CC=C(c3ccc(-c4c5ccccc5c(C5=CC=CCC5)c5ccccc45)cc3)CC2c2cc3cc4c(cc3cc21)sc1ccccc14. The molecule has 3 aliphatic carbocycles. The summed E-state index contributed by atoms with van der Waals surface area (Å²) in [5.74, 6) is 0.397. The van der Waals surface area contributed by atoms with Crippen LogP contribution in [-0.2, 0) is 5.41 Å². The van der Waals surface area contributed by atoms with Crippen LogP contribution in [0.3, 0.4) is 0 Å². The first-order valence-electron chi connectivity index (χ1n) is 18.7. The van der Waals surface area contributed by atoms with Crippen LogP contribution in [0.1, 0.15) is 61.3 Å². The Morgan fingerprint density at radius 3 is 1.92 bits per heavy atom. The van der Waals surface area contributed by atoms with E-state index >= 15 is 0 Å². The van der Waals surface area contributed by atoms with Gasteiger partial charge in [-0.15, -0.1) is 11.3 Å². The van der Waals surface area contributed by atoms with E-state index < -0.39 is 0 Å². The van der Waals surface area contributed by atoms with E-state index in [9.17, 15) is 0 Å². The molecule has 1 heterocycles. The summed E-state index contributed by atoms with van der Waals surface area (Å²) in [6, 6.07) is 46.3. The number of thiophene rings is 1. The molecule has 248 valence electrons. The molecule has 0 spiro atoms. The molecule has 1 atom stereocenters. The van der Waals surface area contributed by atoms with Crippen molar-refractivity contribution in [1.82, 2.24) is 0 Å². The number of rotatable bonds is 3. The zero-order valence-corrected chi connectivity index (χ0v) is 30.4. The molecule has 0 amide bonds. The van der Waals surface area contributed by atoms with Crippen molar-refractivity contribution in [2.45, 2.75) is 44.4 Å². The van der Waals surface area contributed by atoms with E-state index in [1.807, 2.05) is 11.3 Å². The Kier molecular flexibility index (Phi) is 6.52. The Morgan fingerprint density at radius 2 is 1.21 bits per heavy atom. The molecule has 1 heteroatoms. The first-order valence-corrected chi connectivity index (χ1v) is 19.6. The Labute approximate surface area is 308 Å². The minimum atomic E-state index is 0.00737. The van der Waals surface area contributed by atoms with E-state index in [1.54, 1.807) is 5.57 Å². The summed E-state index contributed by atoms with van der Waals surface area (Å²) in [5, 5.41) is 10.8. The number of hydrogen-bond donors (Lipinski definition) is 0. The summed E-state index contributed by atoms with van der Waals surface area (Å²) in [5.41, 5.74) is 12.7.